The number of aliphatic carboxylic acids is 1. The Bertz CT molecular complexity index is 418. The van der Waals surface area contributed by atoms with Crippen molar-refractivity contribution in [3.05, 3.63) is 29.8 Å². The molecule has 0 heterocycles. The molecule has 0 radical (unpaired) electrons. The van der Waals surface area contributed by atoms with Crippen LogP contribution >= 0.6 is 0 Å². The third kappa shape index (κ3) is 2.47. The first-order valence-electron chi connectivity index (χ1n) is 4.39. The molecule has 1 N–H and O–H groups in total. The summed E-state index contributed by atoms with van der Waals surface area (Å²) < 4.78 is 5.26. The molecular weight excluding hydrogens is 194 g/mol. The van der Waals surface area contributed by atoms with Gasteiger partial charge in [-0.15, -0.1) is 0 Å². The Kier molecular flexibility index (Phi) is 2.96. The third-order valence-electron chi connectivity index (χ3n) is 1.89. The van der Waals surface area contributed by atoms with E-state index in [0.717, 1.165) is 0 Å². The Morgan fingerprint density at radius 1 is 1.47 bits per heavy atom. The molecule has 0 spiro atoms. The standard InChI is InChI=1S/C11H11NO3/c1-11(2,10(13)14)15-9-6-4-3-5-8(9)7-12/h3-6H,1-2H3,(H,13,14). The molecule has 0 unspecified atom stereocenters. The minimum atomic E-state index is -1.34. The van der Waals surface area contributed by atoms with E-state index >= 15 is 0 Å². The van der Waals surface area contributed by atoms with E-state index in [0.29, 0.717) is 5.56 Å². The summed E-state index contributed by atoms with van der Waals surface area (Å²) in [5, 5.41) is 17.6. The maximum Gasteiger partial charge on any atom is 0.347 e. The van der Waals surface area contributed by atoms with Gasteiger partial charge in [0.15, 0.2) is 5.60 Å². The number of carbonyl (C=O) groups is 1. The van der Waals surface area contributed by atoms with Gasteiger partial charge in [0.2, 0.25) is 0 Å². The van der Waals surface area contributed by atoms with Crippen LogP contribution in [0.3, 0.4) is 0 Å². The topological polar surface area (TPSA) is 70.3 Å². The highest BCUT2D eigenvalue weighted by Gasteiger charge is 2.30. The molecule has 1 aromatic rings. The van der Waals surface area contributed by atoms with E-state index in [2.05, 4.69) is 0 Å². The van der Waals surface area contributed by atoms with E-state index in [-0.39, 0.29) is 5.75 Å². The molecule has 0 aliphatic carbocycles. The Balaban J connectivity index is 3.00. The summed E-state index contributed by atoms with van der Waals surface area (Å²) in [5.41, 5.74) is -1.01. The van der Waals surface area contributed by atoms with Crippen LogP contribution in [-0.2, 0) is 4.79 Å². The lowest BCUT2D eigenvalue weighted by Gasteiger charge is -2.21. The van der Waals surface area contributed by atoms with Gasteiger partial charge in [-0.1, -0.05) is 12.1 Å². The lowest BCUT2D eigenvalue weighted by molar-refractivity contribution is -0.152. The molecule has 0 saturated carbocycles. The first-order valence-corrected chi connectivity index (χ1v) is 4.39. The van der Waals surface area contributed by atoms with Crippen LogP contribution in [0.2, 0.25) is 0 Å². The second kappa shape index (κ2) is 4.01. The Labute approximate surface area is 87.7 Å². The van der Waals surface area contributed by atoms with Crippen molar-refractivity contribution in [2.75, 3.05) is 0 Å². The van der Waals surface area contributed by atoms with Crippen LogP contribution in [0, 0.1) is 11.3 Å². The lowest BCUT2D eigenvalue weighted by Crippen LogP contribution is -2.38. The molecule has 1 rings (SSSR count). The van der Waals surface area contributed by atoms with Crippen LogP contribution in [0.5, 0.6) is 5.75 Å². The Morgan fingerprint density at radius 3 is 2.60 bits per heavy atom. The fraction of sp³-hybridized carbons (Fsp3) is 0.273. The number of nitriles is 1. The molecular formula is C11H11NO3. The third-order valence-corrected chi connectivity index (χ3v) is 1.89. The zero-order chi connectivity index (χ0) is 11.5. The van der Waals surface area contributed by atoms with Gasteiger partial charge in [-0.05, 0) is 26.0 Å². The van der Waals surface area contributed by atoms with Crippen LogP contribution in [-0.4, -0.2) is 16.7 Å². The fourth-order valence-electron chi connectivity index (χ4n) is 0.967. The zero-order valence-electron chi connectivity index (χ0n) is 8.52. The van der Waals surface area contributed by atoms with Crippen LogP contribution in [0.15, 0.2) is 24.3 Å². The van der Waals surface area contributed by atoms with Crippen molar-refractivity contribution >= 4 is 5.97 Å². The van der Waals surface area contributed by atoms with E-state index in [9.17, 15) is 4.79 Å². The zero-order valence-corrected chi connectivity index (χ0v) is 8.52. The van der Waals surface area contributed by atoms with Crippen molar-refractivity contribution in [3.8, 4) is 11.8 Å². The van der Waals surface area contributed by atoms with E-state index in [1.807, 2.05) is 6.07 Å². The van der Waals surface area contributed by atoms with Gasteiger partial charge >= 0.3 is 5.97 Å². The summed E-state index contributed by atoms with van der Waals surface area (Å²) in [7, 11) is 0. The van der Waals surface area contributed by atoms with Crippen LogP contribution in [0.1, 0.15) is 19.4 Å². The molecule has 0 aliphatic rings. The van der Waals surface area contributed by atoms with Gasteiger partial charge in [0.05, 0.1) is 5.56 Å². The van der Waals surface area contributed by atoms with Crippen molar-refractivity contribution < 1.29 is 14.6 Å². The Hall–Kier alpha value is -2.02. The summed E-state index contributed by atoms with van der Waals surface area (Å²) in [6.07, 6.45) is 0. The number of nitrogens with zero attached hydrogens (tertiary/aromatic N) is 1. The SMILES string of the molecule is CC(C)(Oc1ccccc1C#N)C(=O)O. The molecule has 0 fully saturated rings. The van der Waals surface area contributed by atoms with Crippen molar-refractivity contribution in [2.45, 2.75) is 19.4 Å². The minimum absolute atomic E-state index is 0.285. The smallest absolute Gasteiger partial charge is 0.347 e. The van der Waals surface area contributed by atoms with Gasteiger partial charge in [0.25, 0.3) is 0 Å². The van der Waals surface area contributed by atoms with Crippen molar-refractivity contribution in [2.24, 2.45) is 0 Å². The first kappa shape index (κ1) is 11.1. The second-order valence-electron chi connectivity index (χ2n) is 3.53. The van der Waals surface area contributed by atoms with E-state index in [1.54, 1.807) is 24.3 Å². The maximum absolute atomic E-state index is 10.8. The number of carboxylic acids is 1. The highest BCUT2D eigenvalue weighted by atomic mass is 16.5. The van der Waals surface area contributed by atoms with Crippen molar-refractivity contribution in [1.29, 1.82) is 5.26 Å². The molecule has 0 aliphatic heterocycles. The molecule has 0 bridgehead atoms. The molecule has 1 aromatic carbocycles. The minimum Gasteiger partial charge on any atom is -0.478 e. The number of hydrogen-bond acceptors (Lipinski definition) is 3. The monoisotopic (exact) mass is 205 g/mol. The fourth-order valence-corrected chi connectivity index (χ4v) is 0.967. The van der Waals surface area contributed by atoms with Crippen LogP contribution in [0.4, 0.5) is 0 Å². The number of ether oxygens (including phenoxy) is 1. The molecule has 15 heavy (non-hydrogen) atoms. The predicted molar refractivity (Wildman–Crippen MR) is 53.5 cm³/mol. The first-order chi connectivity index (χ1) is 6.97. The molecule has 0 atom stereocenters. The lowest BCUT2D eigenvalue weighted by atomic mass is 10.1. The summed E-state index contributed by atoms with van der Waals surface area (Å²) >= 11 is 0. The predicted octanol–water partition coefficient (Wildman–Crippen LogP) is 1.80. The summed E-state index contributed by atoms with van der Waals surface area (Å²) in [6.45, 7) is 2.87. The van der Waals surface area contributed by atoms with Gasteiger partial charge in [0, 0.05) is 0 Å². The number of benzene rings is 1. The second-order valence-corrected chi connectivity index (χ2v) is 3.53. The number of rotatable bonds is 3. The summed E-state index contributed by atoms with van der Waals surface area (Å²) in [5.74, 6) is -0.789. The van der Waals surface area contributed by atoms with Gasteiger partial charge in [-0.3, -0.25) is 0 Å². The summed E-state index contributed by atoms with van der Waals surface area (Å²) in [6, 6.07) is 8.47. The molecule has 0 amide bonds. The molecule has 0 saturated heterocycles. The molecule has 4 heteroatoms. The average molecular weight is 205 g/mol. The quantitative estimate of drug-likeness (QED) is 0.816. The molecule has 78 valence electrons. The average Bonchev–Trinajstić information content (AvgIpc) is 2.18. The van der Waals surface area contributed by atoms with Crippen LogP contribution in [0.25, 0.3) is 0 Å². The highest BCUT2D eigenvalue weighted by Crippen LogP contribution is 2.22. The van der Waals surface area contributed by atoms with Crippen molar-refractivity contribution in [3.63, 3.8) is 0 Å². The van der Waals surface area contributed by atoms with Gasteiger partial charge in [-0.25, -0.2) is 4.79 Å². The van der Waals surface area contributed by atoms with Gasteiger partial charge in [0.1, 0.15) is 11.8 Å². The summed E-state index contributed by atoms with van der Waals surface area (Å²) in [4.78, 5) is 10.8. The van der Waals surface area contributed by atoms with Gasteiger partial charge in [-0.2, -0.15) is 5.26 Å². The normalized spacial score (nSPS) is 10.5. The highest BCUT2D eigenvalue weighted by molar-refractivity contribution is 5.76. The van der Waals surface area contributed by atoms with Gasteiger partial charge < -0.3 is 9.84 Å². The van der Waals surface area contributed by atoms with E-state index in [1.165, 1.54) is 13.8 Å². The number of para-hydroxylation sites is 1. The largest absolute Gasteiger partial charge is 0.478 e. The Morgan fingerprint density at radius 2 is 2.07 bits per heavy atom. The number of hydrogen-bond donors (Lipinski definition) is 1. The van der Waals surface area contributed by atoms with E-state index in [4.69, 9.17) is 15.1 Å². The molecule has 4 nitrogen and oxygen atoms in total. The number of carboxylic acid groups (broad SMARTS) is 1. The molecule has 0 aromatic heterocycles. The maximum atomic E-state index is 10.8. The van der Waals surface area contributed by atoms with Crippen LogP contribution < -0.4 is 4.74 Å². The van der Waals surface area contributed by atoms with E-state index < -0.39 is 11.6 Å². The van der Waals surface area contributed by atoms with Crippen molar-refractivity contribution in [1.82, 2.24) is 0 Å².